The van der Waals surface area contributed by atoms with Crippen LogP contribution in [0.2, 0.25) is 0 Å². The Morgan fingerprint density at radius 3 is 2.30 bits per heavy atom. The van der Waals surface area contributed by atoms with E-state index < -0.39 is 0 Å². The van der Waals surface area contributed by atoms with Gasteiger partial charge < -0.3 is 14.2 Å². The number of rotatable bonds is 7. The molecule has 5 nitrogen and oxygen atoms in total. The van der Waals surface area contributed by atoms with Crippen LogP contribution >= 0.6 is 0 Å². The van der Waals surface area contributed by atoms with Gasteiger partial charge in [-0.3, -0.25) is 9.59 Å². The van der Waals surface area contributed by atoms with E-state index >= 15 is 0 Å². The molecule has 122 valence electrons. The molecule has 0 aliphatic heterocycles. The van der Waals surface area contributed by atoms with Crippen LogP contribution in [0.5, 0.6) is 0 Å². The third-order valence-electron chi connectivity index (χ3n) is 3.65. The first kappa shape index (κ1) is 16.8. The molecule has 0 aliphatic rings. The van der Waals surface area contributed by atoms with Crippen LogP contribution in [0.25, 0.3) is 0 Å². The number of carbonyl (C=O) groups is 2. The van der Waals surface area contributed by atoms with Gasteiger partial charge in [0.25, 0.3) is 0 Å². The van der Waals surface area contributed by atoms with Crippen molar-refractivity contribution in [1.29, 1.82) is 0 Å². The van der Waals surface area contributed by atoms with E-state index in [9.17, 15) is 9.59 Å². The Hall–Kier alpha value is -2.56. The van der Waals surface area contributed by atoms with E-state index in [0.29, 0.717) is 25.4 Å². The lowest BCUT2D eigenvalue weighted by Crippen LogP contribution is -2.41. The topological polar surface area (TPSA) is 53.8 Å². The number of amides is 2. The fourth-order valence-electron chi connectivity index (χ4n) is 2.31. The molecule has 1 heterocycles. The van der Waals surface area contributed by atoms with E-state index in [1.807, 2.05) is 37.3 Å². The highest BCUT2D eigenvalue weighted by atomic mass is 16.3. The van der Waals surface area contributed by atoms with Crippen molar-refractivity contribution in [3.63, 3.8) is 0 Å². The van der Waals surface area contributed by atoms with E-state index in [0.717, 1.165) is 5.56 Å². The maximum atomic E-state index is 12.5. The summed E-state index contributed by atoms with van der Waals surface area (Å²) < 4.78 is 5.26. The van der Waals surface area contributed by atoms with Crippen molar-refractivity contribution in [2.45, 2.75) is 26.9 Å². The zero-order chi connectivity index (χ0) is 16.7. The summed E-state index contributed by atoms with van der Waals surface area (Å²) in [5.41, 5.74) is 1.07. The Morgan fingerprint density at radius 1 is 1.00 bits per heavy atom. The minimum atomic E-state index is -0.148. The minimum absolute atomic E-state index is 0.0523. The summed E-state index contributed by atoms with van der Waals surface area (Å²) in [6.07, 6.45) is 1.56. The highest BCUT2D eigenvalue weighted by molar-refractivity contribution is 5.83. The number of nitrogens with zero attached hydrogens (tertiary/aromatic N) is 2. The van der Waals surface area contributed by atoms with Gasteiger partial charge >= 0.3 is 0 Å². The van der Waals surface area contributed by atoms with Crippen molar-refractivity contribution in [2.75, 3.05) is 13.1 Å². The molecule has 0 unspecified atom stereocenters. The van der Waals surface area contributed by atoms with E-state index in [1.54, 1.807) is 23.3 Å². The van der Waals surface area contributed by atoms with Crippen LogP contribution in [0.15, 0.2) is 53.1 Å². The van der Waals surface area contributed by atoms with Crippen molar-refractivity contribution >= 4 is 11.8 Å². The predicted molar refractivity (Wildman–Crippen MR) is 87.3 cm³/mol. The van der Waals surface area contributed by atoms with Gasteiger partial charge in [0, 0.05) is 20.0 Å². The van der Waals surface area contributed by atoms with Gasteiger partial charge in [-0.1, -0.05) is 30.3 Å². The predicted octanol–water partition coefficient (Wildman–Crippen LogP) is 2.68. The zero-order valence-corrected chi connectivity index (χ0v) is 13.6. The maximum absolute atomic E-state index is 12.5. The number of hydrogen-bond donors (Lipinski definition) is 0. The van der Waals surface area contributed by atoms with Crippen molar-refractivity contribution in [3.05, 3.63) is 60.1 Å². The van der Waals surface area contributed by atoms with Crippen LogP contribution in [-0.2, 0) is 22.7 Å². The summed E-state index contributed by atoms with van der Waals surface area (Å²) in [5, 5.41) is 0. The normalized spacial score (nSPS) is 10.3. The van der Waals surface area contributed by atoms with Crippen LogP contribution in [0.3, 0.4) is 0 Å². The van der Waals surface area contributed by atoms with E-state index in [2.05, 4.69) is 0 Å². The first-order valence-corrected chi connectivity index (χ1v) is 7.69. The monoisotopic (exact) mass is 314 g/mol. The third-order valence-corrected chi connectivity index (χ3v) is 3.65. The lowest BCUT2D eigenvalue weighted by Gasteiger charge is -2.25. The van der Waals surface area contributed by atoms with Gasteiger partial charge in [0.2, 0.25) is 11.8 Å². The summed E-state index contributed by atoms with van der Waals surface area (Å²) in [4.78, 5) is 27.6. The lowest BCUT2D eigenvalue weighted by atomic mass is 10.2. The molecule has 2 amide bonds. The van der Waals surface area contributed by atoms with Crippen LogP contribution in [0.1, 0.15) is 25.2 Å². The molecule has 5 heteroatoms. The molecular formula is C18H22N2O3. The highest BCUT2D eigenvalue weighted by Gasteiger charge is 2.19. The van der Waals surface area contributed by atoms with E-state index in [-0.39, 0.29) is 18.4 Å². The molecule has 2 rings (SSSR count). The molecule has 0 fully saturated rings. The molecular weight excluding hydrogens is 292 g/mol. The Bertz CT molecular complexity index is 623. The number of likely N-dealkylation sites (N-methyl/N-ethyl adjacent to an activating group) is 1. The lowest BCUT2D eigenvalue weighted by molar-refractivity contribution is -0.140. The average Bonchev–Trinajstić information content (AvgIpc) is 3.05. The summed E-state index contributed by atoms with van der Waals surface area (Å²) in [6.45, 7) is 4.89. The van der Waals surface area contributed by atoms with Crippen molar-refractivity contribution in [3.8, 4) is 0 Å². The molecule has 0 saturated heterocycles. The fourth-order valence-corrected chi connectivity index (χ4v) is 2.31. The molecule has 0 radical (unpaired) electrons. The summed E-state index contributed by atoms with van der Waals surface area (Å²) >= 11 is 0. The van der Waals surface area contributed by atoms with Gasteiger partial charge in [-0.15, -0.1) is 0 Å². The Labute approximate surface area is 136 Å². The second-order valence-corrected chi connectivity index (χ2v) is 5.35. The first-order chi connectivity index (χ1) is 11.1. The van der Waals surface area contributed by atoms with Crippen LogP contribution in [0.4, 0.5) is 0 Å². The first-order valence-electron chi connectivity index (χ1n) is 7.69. The maximum Gasteiger partial charge on any atom is 0.242 e. The van der Waals surface area contributed by atoms with Crippen molar-refractivity contribution < 1.29 is 14.0 Å². The van der Waals surface area contributed by atoms with Crippen LogP contribution in [0, 0.1) is 0 Å². The van der Waals surface area contributed by atoms with Crippen molar-refractivity contribution in [1.82, 2.24) is 9.80 Å². The number of carbonyl (C=O) groups excluding carboxylic acids is 2. The molecule has 0 aliphatic carbocycles. The molecule has 0 bridgehead atoms. The van der Waals surface area contributed by atoms with E-state index in [1.165, 1.54) is 11.8 Å². The van der Waals surface area contributed by atoms with Gasteiger partial charge in [0.15, 0.2) is 0 Å². The Balaban J connectivity index is 1.99. The van der Waals surface area contributed by atoms with Gasteiger partial charge in [-0.2, -0.15) is 0 Å². The Kier molecular flexibility index (Phi) is 5.97. The Morgan fingerprint density at radius 2 is 1.74 bits per heavy atom. The minimum Gasteiger partial charge on any atom is -0.467 e. The smallest absolute Gasteiger partial charge is 0.242 e. The van der Waals surface area contributed by atoms with Gasteiger partial charge in [-0.05, 0) is 24.6 Å². The van der Waals surface area contributed by atoms with Gasteiger partial charge in [-0.25, -0.2) is 0 Å². The SMILES string of the molecule is CCN(Cc1ccccc1)C(=O)CN(Cc1ccco1)C(C)=O. The second kappa shape index (κ2) is 8.17. The molecule has 0 N–H and O–H groups in total. The summed E-state index contributed by atoms with van der Waals surface area (Å²) in [7, 11) is 0. The second-order valence-electron chi connectivity index (χ2n) is 5.35. The zero-order valence-electron chi connectivity index (χ0n) is 13.6. The highest BCUT2D eigenvalue weighted by Crippen LogP contribution is 2.09. The molecule has 0 spiro atoms. The van der Waals surface area contributed by atoms with Crippen LogP contribution < -0.4 is 0 Å². The quantitative estimate of drug-likeness (QED) is 0.789. The van der Waals surface area contributed by atoms with Gasteiger partial charge in [0.05, 0.1) is 12.8 Å². The molecule has 2 aromatic rings. The molecule has 1 aromatic carbocycles. The largest absolute Gasteiger partial charge is 0.467 e. The summed E-state index contributed by atoms with van der Waals surface area (Å²) in [5.74, 6) is 0.447. The molecule has 23 heavy (non-hydrogen) atoms. The third kappa shape index (κ3) is 4.98. The van der Waals surface area contributed by atoms with Crippen LogP contribution in [-0.4, -0.2) is 34.7 Å². The number of hydrogen-bond acceptors (Lipinski definition) is 3. The van der Waals surface area contributed by atoms with Crippen molar-refractivity contribution in [2.24, 2.45) is 0 Å². The number of benzene rings is 1. The number of furan rings is 1. The average molecular weight is 314 g/mol. The summed E-state index contributed by atoms with van der Waals surface area (Å²) in [6, 6.07) is 13.4. The van der Waals surface area contributed by atoms with E-state index in [4.69, 9.17) is 4.42 Å². The van der Waals surface area contributed by atoms with Gasteiger partial charge in [0.1, 0.15) is 12.3 Å². The standard InChI is InChI=1S/C18H22N2O3/c1-3-19(12-16-8-5-4-6-9-16)18(22)14-20(15(2)21)13-17-10-7-11-23-17/h4-11H,3,12-14H2,1-2H3. The molecule has 1 aromatic heterocycles. The molecule has 0 atom stereocenters. The molecule has 0 saturated carbocycles. The fraction of sp³-hybridized carbons (Fsp3) is 0.333.